The lowest BCUT2D eigenvalue weighted by Gasteiger charge is -2.10. The number of rotatable bonds is 7. The average Bonchev–Trinajstić information content (AvgIpc) is 2.72. The molecule has 1 aromatic heterocycles. The van der Waals surface area contributed by atoms with Gasteiger partial charge in [0.2, 0.25) is 0 Å². The van der Waals surface area contributed by atoms with Gasteiger partial charge < -0.3 is 15.4 Å². The van der Waals surface area contributed by atoms with Crippen LogP contribution in [0.15, 0.2) is 54.9 Å². The van der Waals surface area contributed by atoms with Crippen LogP contribution in [0.1, 0.15) is 21.6 Å². The molecule has 0 bridgehead atoms. The first kappa shape index (κ1) is 19.6. The lowest BCUT2D eigenvalue weighted by atomic mass is 10.1. The first-order valence-corrected chi connectivity index (χ1v) is 9.20. The van der Waals surface area contributed by atoms with Crippen molar-refractivity contribution in [3.8, 4) is 5.75 Å². The minimum absolute atomic E-state index is 0.258. The minimum atomic E-state index is -0.270. The second-order valence-corrected chi connectivity index (χ2v) is 6.55. The molecule has 0 aliphatic rings. The Hall–Kier alpha value is -3.12. The molecule has 0 saturated carbocycles. The predicted octanol–water partition coefficient (Wildman–Crippen LogP) is 4.16. The number of aromatic nitrogens is 2. The Labute approximate surface area is 168 Å². The molecule has 3 aromatic rings. The third-order valence-electron chi connectivity index (χ3n) is 4.29. The van der Waals surface area contributed by atoms with Crippen molar-refractivity contribution in [1.82, 2.24) is 15.3 Å². The van der Waals surface area contributed by atoms with E-state index >= 15 is 0 Å². The summed E-state index contributed by atoms with van der Waals surface area (Å²) in [7, 11) is 1.63. The summed E-state index contributed by atoms with van der Waals surface area (Å²) >= 11 is 6.12. The number of hydrogen-bond acceptors (Lipinski definition) is 5. The van der Waals surface area contributed by atoms with E-state index in [4.69, 9.17) is 16.3 Å². The van der Waals surface area contributed by atoms with Crippen molar-refractivity contribution in [1.29, 1.82) is 0 Å². The van der Waals surface area contributed by atoms with E-state index in [2.05, 4.69) is 20.6 Å². The molecule has 0 saturated heterocycles. The highest BCUT2D eigenvalue weighted by atomic mass is 35.5. The molecule has 0 atom stereocenters. The maximum Gasteiger partial charge on any atom is 0.271 e. The number of para-hydroxylation sites is 1. The third kappa shape index (κ3) is 4.78. The number of nitrogens with one attached hydrogen (secondary N) is 2. The Balaban J connectivity index is 1.57. The number of amides is 1. The first-order valence-electron chi connectivity index (χ1n) is 8.82. The summed E-state index contributed by atoms with van der Waals surface area (Å²) in [5.41, 5.74) is 3.06. The molecule has 2 aromatic carbocycles. The molecule has 0 radical (unpaired) electrons. The number of ether oxygens (including phenoxy) is 1. The molecule has 6 nitrogen and oxygen atoms in total. The fourth-order valence-electron chi connectivity index (χ4n) is 2.70. The van der Waals surface area contributed by atoms with Gasteiger partial charge in [0, 0.05) is 17.3 Å². The molecule has 0 fully saturated rings. The quantitative estimate of drug-likeness (QED) is 0.627. The van der Waals surface area contributed by atoms with Crippen LogP contribution in [0.3, 0.4) is 0 Å². The van der Waals surface area contributed by atoms with Crippen molar-refractivity contribution in [2.24, 2.45) is 0 Å². The molecular formula is C21H21ClN4O2. The number of carbonyl (C=O) groups excluding carboxylic acids is 1. The second kappa shape index (κ2) is 9.19. The molecule has 0 spiro atoms. The summed E-state index contributed by atoms with van der Waals surface area (Å²) in [6, 6.07) is 13.3. The van der Waals surface area contributed by atoms with Crippen LogP contribution in [-0.4, -0.2) is 29.5 Å². The Kier molecular flexibility index (Phi) is 6.45. The van der Waals surface area contributed by atoms with E-state index in [1.807, 2.05) is 49.4 Å². The van der Waals surface area contributed by atoms with Gasteiger partial charge in [0.25, 0.3) is 5.91 Å². The van der Waals surface area contributed by atoms with Gasteiger partial charge in [-0.2, -0.15) is 0 Å². The van der Waals surface area contributed by atoms with E-state index in [0.717, 1.165) is 22.6 Å². The summed E-state index contributed by atoms with van der Waals surface area (Å²) in [6.07, 6.45) is 3.63. The van der Waals surface area contributed by atoms with Crippen molar-refractivity contribution in [2.45, 2.75) is 13.3 Å². The number of hydrogen-bond donors (Lipinski definition) is 2. The molecule has 1 heterocycles. The van der Waals surface area contributed by atoms with Crippen molar-refractivity contribution in [3.63, 3.8) is 0 Å². The SMILES string of the molecule is COc1ccccc1CCNC(=O)c1cnc(Nc2cccc(Cl)c2C)cn1. The van der Waals surface area contributed by atoms with E-state index in [-0.39, 0.29) is 11.6 Å². The molecule has 0 aliphatic carbocycles. The Morgan fingerprint density at radius 1 is 1.11 bits per heavy atom. The van der Waals surface area contributed by atoms with Crippen LogP contribution < -0.4 is 15.4 Å². The van der Waals surface area contributed by atoms with Gasteiger partial charge in [-0.15, -0.1) is 0 Å². The van der Waals surface area contributed by atoms with Gasteiger partial charge in [-0.05, 0) is 42.7 Å². The van der Waals surface area contributed by atoms with Crippen LogP contribution in [0.2, 0.25) is 5.02 Å². The number of nitrogens with zero attached hydrogens (tertiary/aromatic N) is 2. The Morgan fingerprint density at radius 3 is 2.68 bits per heavy atom. The Morgan fingerprint density at radius 2 is 1.93 bits per heavy atom. The summed E-state index contributed by atoms with van der Waals surface area (Å²) < 4.78 is 5.31. The van der Waals surface area contributed by atoms with Gasteiger partial charge in [-0.25, -0.2) is 9.97 Å². The smallest absolute Gasteiger partial charge is 0.271 e. The highest BCUT2D eigenvalue weighted by Gasteiger charge is 2.09. The van der Waals surface area contributed by atoms with Crippen LogP contribution in [0, 0.1) is 6.92 Å². The first-order chi connectivity index (χ1) is 13.6. The van der Waals surface area contributed by atoms with Crippen LogP contribution >= 0.6 is 11.6 Å². The van der Waals surface area contributed by atoms with Crippen LogP contribution in [0.5, 0.6) is 5.75 Å². The molecule has 7 heteroatoms. The van der Waals surface area contributed by atoms with Crippen LogP contribution in [0.25, 0.3) is 0 Å². The van der Waals surface area contributed by atoms with E-state index in [1.165, 1.54) is 12.4 Å². The lowest BCUT2D eigenvalue weighted by molar-refractivity contribution is 0.0948. The third-order valence-corrected chi connectivity index (χ3v) is 4.70. The Bertz CT molecular complexity index is 961. The average molecular weight is 397 g/mol. The maximum absolute atomic E-state index is 12.3. The zero-order chi connectivity index (χ0) is 19.9. The van der Waals surface area contributed by atoms with Gasteiger partial charge in [0.1, 0.15) is 17.3 Å². The number of anilines is 2. The summed E-state index contributed by atoms with van der Waals surface area (Å²) in [5.74, 6) is 1.08. The predicted molar refractivity (Wildman–Crippen MR) is 111 cm³/mol. The monoisotopic (exact) mass is 396 g/mol. The maximum atomic E-state index is 12.3. The van der Waals surface area contributed by atoms with Crippen molar-refractivity contribution >= 4 is 29.0 Å². The van der Waals surface area contributed by atoms with E-state index < -0.39 is 0 Å². The van der Waals surface area contributed by atoms with Crippen molar-refractivity contribution in [2.75, 3.05) is 19.0 Å². The summed E-state index contributed by atoms with van der Waals surface area (Å²) in [5, 5.41) is 6.67. The van der Waals surface area contributed by atoms with Gasteiger partial charge in [0.15, 0.2) is 0 Å². The molecule has 1 amide bonds. The standard InChI is InChI=1S/C21H21ClN4O2/c1-14-16(22)7-5-8-17(14)26-20-13-24-18(12-25-20)21(27)23-11-10-15-6-3-4-9-19(15)28-2/h3-9,12-13H,10-11H2,1-2H3,(H,23,27)(H,25,26). The van der Waals surface area contributed by atoms with E-state index in [9.17, 15) is 4.79 Å². The minimum Gasteiger partial charge on any atom is -0.496 e. The number of benzene rings is 2. The van der Waals surface area contributed by atoms with Gasteiger partial charge in [-0.3, -0.25) is 4.79 Å². The second-order valence-electron chi connectivity index (χ2n) is 6.14. The number of carbonyl (C=O) groups is 1. The van der Waals surface area contributed by atoms with Crippen LogP contribution in [0.4, 0.5) is 11.5 Å². The number of methoxy groups -OCH3 is 1. The highest BCUT2D eigenvalue weighted by Crippen LogP contribution is 2.25. The zero-order valence-corrected chi connectivity index (χ0v) is 16.5. The van der Waals surface area contributed by atoms with E-state index in [1.54, 1.807) is 7.11 Å². The fraction of sp³-hybridized carbons (Fsp3) is 0.190. The molecule has 144 valence electrons. The van der Waals surface area contributed by atoms with E-state index in [0.29, 0.717) is 23.8 Å². The topological polar surface area (TPSA) is 76.1 Å². The van der Waals surface area contributed by atoms with Crippen LogP contribution in [-0.2, 0) is 6.42 Å². The fourth-order valence-corrected chi connectivity index (χ4v) is 2.88. The van der Waals surface area contributed by atoms with Crippen molar-refractivity contribution in [3.05, 3.63) is 76.7 Å². The molecule has 3 rings (SSSR count). The molecule has 0 aliphatic heterocycles. The molecule has 0 unspecified atom stereocenters. The highest BCUT2D eigenvalue weighted by molar-refractivity contribution is 6.31. The molecule has 28 heavy (non-hydrogen) atoms. The normalized spacial score (nSPS) is 10.4. The van der Waals surface area contributed by atoms with Gasteiger partial charge in [0.05, 0.1) is 19.5 Å². The largest absolute Gasteiger partial charge is 0.496 e. The van der Waals surface area contributed by atoms with Crippen molar-refractivity contribution < 1.29 is 9.53 Å². The van der Waals surface area contributed by atoms with Gasteiger partial charge >= 0.3 is 0 Å². The summed E-state index contributed by atoms with van der Waals surface area (Å²) in [6.45, 7) is 2.39. The molecular weight excluding hydrogens is 376 g/mol. The number of halogens is 1. The lowest BCUT2D eigenvalue weighted by Crippen LogP contribution is -2.26. The zero-order valence-electron chi connectivity index (χ0n) is 15.7. The van der Waals surface area contributed by atoms with Gasteiger partial charge in [-0.1, -0.05) is 35.9 Å². The molecule has 2 N–H and O–H groups in total. The summed E-state index contributed by atoms with van der Waals surface area (Å²) in [4.78, 5) is 20.7.